The first-order valence-corrected chi connectivity index (χ1v) is 10.6. The second-order valence-corrected chi connectivity index (χ2v) is 7.55. The summed E-state index contributed by atoms with van der Waals surface area (Å²) in [6, 6.07) is 19.1. The molecule has 7 nitrogen and oxygen atoms in total. The molecule has 3 aromatic rings. The molecular weight excluding hydrogens is 402 g/mol. The minimum Gasteiger partial charge on any atom is -0.489 e. The number of thioether (sulfide) groups is 1. The van der Waals surface area contributed by atoms with Gasteiger partial charge in [-0.2, -0.15) is 0 Å². The normalized spacial score (nSPS) is 10.4. The third-order valence-corrected chi connectivity index (χ3v) is 4.92. The van der Waals surface area contributed by atoms with E-state index < -0.39 is 0 Å². The van der Waals surface area contributed by atoms with Gasteiger partial charge in [0, 0.05) is 12.6 Å². The Morgan fingerprint density at radius 3 is 2.53 bits per heavy atom. The average molecular weight is 426 g/mol. The van der Waals surface area contributed by atoms with Crippen LogP contribution in [0.5, 0.6) is 5.75 Å². The number of aryl methyl sites for hydroxylation is 1. The van der Waals surface area contributed by atoms with Crippen LogP contribution < -0.4 is 15.4 Å². The minimum absolute atomic E-state index is 0.129. The Morgan fingerprint density at radius 2 is 1.77 bits per heavy atom. The Bertz CT molecular complexity index is 975. The number of para-hydroxylation sites is 1. The van der Waals surface area contributed by atoms with Gasteiger partial charge in [-0.1, -0.05) is 47.6 Å². The summed E-state index contributed by atoms with van der Waals surface area (Å²) in [7, 11) is 0. The van der Waals surface area contributed by atoms with Crippen molar-refractivity contribution >= 4 is 29.4 Å². The maximum Gasteiger partial charge on any atom is 0.235 e. The number of hydrogen-bond acceptors (Lipinski definition) is 6. The Balaban J connectivity index is 1.35. The van der Waals surface area contributed by atoms with Gasteiger partial charge in [0.25, 0.3) is 0 Å². The van der Waals surface area contributed by atoms with Gasteiger partial charge in [-0.15, -0.1) is 11.8 Å². The van der Waals surface area contributed by atoms with Crippen molar-refractivity contribution < 1.29 is 18.8 Å². The van der Waals surface area contributed by atoms with Gasteiger partial charge in [-0.25, -0.2) is 0 Å². The summed E-state index contributed by atoms with van der Waals surface area (Å²) in [4.78, 5) is 23.9. The smallest absolute Gasteiger partial charge is 0.235 e. The van der Waals surface area contributed by atoms with Crippen molar-refractivity contribution in [2.75, 3.05) is 16.8 Å². The van der Waals surface area contributed by atoms with Crippen LogP contribution in [0, 0.1) is 6.92 Å². The summed E-state index contributed by atoms with van der Waals surface area (Å²) in [6.07, 6.45) is 0. The number of benzene rings is 2. The third kappa shape index (κ3) is 7.29. The highest BCUT2D eigenvalue weighted by Crippen LogP contribution is 2.13. The maximum atomic E-state index is 12.0. The lowest BCUT2D eigenvalue weighted by molar-refractivity contribution is -0.118. The lowest BCUT2D eigenvalue weighted by atomic mass is 10.1. The molecule has 0 spiro atoms. The number of carbonyl (C=O) groups excluding carboxylic acids is 2. The van der Waals surface area contributed by atoms with Crippen molar-refractivity contribution in [1.82, 2.24) is 10.5 Å². The van der Waals surface area contributed by atoms with Crippen molar-refractivity contribution in [1.29, 1.82) is 0 Å². The van der Waals surface area contributed by atoms with Crippen LogP contribution in [-0.4, -0.2) is 28.5 Å². The molecule has 0 saturated heterocycles. The molecule has 1 aromatic heterocycles. The van der Waals surface area contributed by atoms with Gasteiger partial charge in [0.2, 0.25) is 11.8 Å². The largest absolute Gasteiger partial charge is 0.489 e. The molecule has 0 atom stereocenters. The van der Waals surface area contributed by atoms with Gasteiger partial charge in [-0.3, -0.25) is 9.59 Å². The van der Waals surface area contributed by atoms with Gasteiger partial charge in [-0.05, 0) is 30.2 Å². The predicted octanol–water partition coefficient (Wildman–Crippen LogP) is 3.55. The molecule has 1 heterocycles. The van der Waals surface area contributed by atoms with Crippen LogP contribution in [0.1, 0.15) is 16.9 Å². The molecule has 2 N–H and O–H groups in total. The highest BCUT2D eigenvalue weighted by Gasteiger charge is 2.08. The van der Waals surface area contributed by atoms with E-state index in [1.807, 2.05) is 54.6 Å². The van der Waals surface area contributed by atoms with Crippen molar-refractivity contribution in [3.05, 3.63) is 77.6 Å². The van der Waals surface area contributed by atoms with Gasteiger partial charge in [0.05, 0.1) is 11.5 Å². The van der Waals surface area contributed by atoms with Crippen LogP contribution in [0.25, 0.3) is 0 Å². The molecule has 156 valence electrons. The summed E-state index contributed by atoms with van der Waals surface area (Å²) in [5.41, 5.74) is 2.02. The zero-order valence-electron chi connectivity index (χ0n) is 16.6. The SMILES string of the molecule is Cc1cc(NC(=O)CSCC(=O)NCc2cccc(COc3ccccc3)c2)no1. The molecule has 3 rings (SSSR count). The summed E-state index contributed by atoms with van der Waals surface area (Å²) in [5.74, 6) is 1.80. The van der Waals surface area contributed by atoms with E-state index in [-0.39, 0.29) is 23.3 Å². The zero-order chi connectivity index (χ0) is 21.2. The molecule has 0 aliphatic rings. The van der Waals surface area contributed by atoms with Crippen LogP contribution in [-0.2, 0) is 22.7 Å². The summed E-state index contributed by atoms with van der Waals surface area (Å²) in [5, 5.41) is 9.18. The van der Waals surface area contributed by atoms with Crippen LogP contribution in [0.2, 0.25) is 0 Å². The van der Waals surface area contributed by atoms with Gasteiger partial charge in [0.1, 0.15) is 18.1 Å². The van der Waals surface area contributed by atoms with Crippen LogP contribution in [0.4, 0.5) is 5.82 Å². The summed E-state index contributed by atoms with van der Waals surface area (Å²) < 4.78 is 10.6. The number of nitrogens with one attached hydrogen (secondary N) is 2. The zero-order valence-corrected chi connectivity index (χ0v) is 17.4. The maximum absolute atomic E-state index is 12.0. The Morgan fingerprint density at radius 1 is 1.00 bits per heavy atom. The first-order chi connectivity index (χ1) is 14.6. The number of ether oxygens (including phenoxy) is 1. The van der Waals surface area contributed by atoms with E-state index in [1.54, 1.807) is 13.0 Å². The molecule has 0 saturated carbocycles. The van der Waals surface area contributed by atoms with E-state index in [0.717, 1.165) is 16.9 Å². The molecule has 30 heavy (non-hydrogen) atoms. The van der Waals surface area contributed by atoms with Crippen molar-refractivity contribution in [2.45, 2.75) is 20.1 Å². The number of rotatable bonds is 10. The van der Waals surface area contributed by atoms with E-state index in [4.69, 9.17) is 9.26 Å². The summed E-state index contributed by atoms with van der Waals surface area (Å²) in [6.45, 7) is 2.62. The third-order valence-electron chi connectivity index (χ3n) is 3.99. The van der Waals surface area contributed by atoms with Crippen molar-refractivity contribution in [2.24, 2.45) is 0 Å². The molecule has 0 fully saturated rings. The highest BCUT2D eigenvalue weighted by molar-refractivity contribution is 8.00. The topological polar surface area (TPSA) is 93.5 Å². The number of anilines is 1. The first kappa shape index (κ1) is 21.4. The van der Waals surface area contributed by atoms with Gasteiger partial charge < -0.3 is 19.9 Å². The highest BCUT2D eigenvalue weighted by atomic mass is 32.2. The quantitative estimate of drug-likeness (QED) is 0.516. The summed E-state index contributed by atoms with van der Waals surface area (Å²) >= 11 is 1.24. The molecule has 8 heteroatoms. The minimum atomic E-state index is -0.229. The van der Waals surface area contributed by atoms with E-state index in [2.05, 4.69) is 15.8 Å². The van der Waals surface area contributed by atoms with Gasteiger partial charge >= 0.3 is 0 Å². The van der Waals surface area contributed by atoms with E-state index >= 15 is 0 Å². The van der Waals surface area contributed by atoms with Crippen LogP contribution in [0.15, 0.2) is 65.2 Å². The number of aromatic nitrogens is 1. The molecule has 2 amide bonds. The van der Waals surface area contributed by atoms with E-state index in [0.29, 0.717) is 24.7 Å². The van der Waals surface area contributed by atoms with Gasteiger partial charge in [0.15, 0.2) is 5.82 Å². The van der Waals surface area contributed by atoms with E-state index in [9.17, 15) is 9.59 Å². The second-order valence-electron chi connectivity index (χ2n) is 6.56. The predicted molar refractivity (Wildman–Crippen MR) is 116 cm³/mol. The lowest BCUT2D eigenvalue weighted by Crippen LogP contribution is -2.25. The fourth-order valence-electron chi connectivity index (χ4n) is 2.61. The molecule has 0 aliphatic heterocycles. The monoisotopic (exact) mass is 425 g/mol. The number of hydrogen-bond donors (Lipinski definition) is 2. The Labute approximate surface area is 179 Å². The first-order valence-electron chi connectivity index (χ1n) is 9.42. The molecule has 0 bridgehead atoms. The van der Waals surface area contributed by atoms with Crippen LogP contribution in [0.3, 0.4) is 0 Å². The number of carbonyl (C=O) groups is 2. The molecule has 0 aliphatic carbocycles. The van der Waals surface area contributed by atoms with Crippen molar-refractivity contribution in [3.63, 3.8) is 0 Å². The standard InChI is InChI=1S/C22H23N3O4S/c1-16-10-20(25-29-16)24-22(27)15-30-14-21(26)23-12-17-6-5-7-18(11-17)13-28-19-8-3-2-4-9-19/h2-11H,12-15H2,1H3,(H,23,26)(H,24,25,27). The molecule has 0 radical (unpaired) electrons. The average Bonchev–Trinajstić information content (AvgIpc) is 3.16. The lowest BCUT2D eigenvalue weighted by Gasteiger charge is -2.09. The Hall–Kier alpha value is -3.26. The Kier molecular flexibility index (Phi) is 7.91. The number of nitrogens with zero attached hydrogens (tertiary/aromatic N) is 1. The fraction of sp³-hybridized carbons (Fsp3) is 0.227. The molecular formula is C22H23N3O4S. The van der Waals surface area contributed by atoms with E-state index in [1.165, 1.54) is 11.8 Å². The number of amides is 2. The van der Waals surface area contributed by atoms with Crippen LogP contribution >= 0.6 is 11.8 Å². The van der Waals surface area contributed by atoms with Crippen molar-refractivity contribution in [3.8, 4) is 5.75 Å². The molecule has 0 unspecified atom stereocenters. The molecule has 2 aromatic carbocycles. The second kappa shape index (κ2) is 11.1. The fourth-order valence-corrected chi connectivity index (χ4v) is 3.25.